The summed E-state index contributed by atoms with van der Waals surface area (Å²) < 4.78 is 1.49. The Bertz CT molecular complexity index is 790. The lowest BCUT2D eigenvalue weighted by Gasteiger charge is -2.08. The van der Waals surface area contributed by atoms with E-state index in [4.69, 9.17) is 0 Å². The number of benzene rings is 1. The minimum absolute atomic E-state index is 0.215. The highest BCUT2D eigenvalue weighted by Crippen LogP contribution is 2.20. The SMILES string of the molecule is CSc1ccccc1C(=O)Nc1cc(-n2cncn2)ncn1. The van der Waals surface area contributed by atoms with E-state index in [1.807, 2.05) is 24.5 Å². The van der Waals surface area contributed by atoms with Gasteiger partial charge in [0.25, 0.3) is 5.91 Å². The topological polar surface area (TPSA) is 85.6 Å². The van der Waals surface area contributed by atoms with Crippen LogP contribution in [-0.4, -0.2) is 36.9 Å². The van der Waals surface area contributed by atoms with Gasteiger partial charge in [0.1, 0.15) is 24.8 Å². The number of hydrogen-bond acceptors (Lipinski definition) is 6. The highest BCUT2D eigenvalue weighted by atomic mass is 32.2. The van der Waals surface area contributed by atoms with Crippen LogP contribution < -0.4 is 5.32 Å². The first-order valence-corrected chi connectivity index (χ1v) is 7.62. The molecule has 2 heterocycles. The van der Waals surface area contributed by atoms with Crippen LogP contribution in [0.4, 0.5) is 5.82 Å². The molecule has 7 nitrogen and oxygen atoms in total. The minimum atomic E-state index is -0.215. The van der Waals surface area contributed by atoms with Crippen molar-refractivity contribution in [2.24, 2.45) is 0 Å². The maximum Gasteiger partial charge on any atom is 0.257 e. The van der Waals surface area contributed by atoms with Crippen molar-refractivity contribution in [3.05, 3.63) is 54.9 Å². The second-order valence-corrected chi connectivity index (χ2v) is 5.10. The molecule has 0 aliphatic heterocycles. The monoisotopic (exact) mass is 312 g/mol. The number of rotatable bonds is 4. The van der Waals surface area contributed by atoms with Gasteiger partial charge in [-0.15, -0.1) is 11.8 Å². The maximum atomic E-state index is 12.4. The molecule has 8 heteroatoms. The van der Waals surface area contributed by atoms with E-state index in [1.54, 1.807) is 12.1 Å². The Balaban J connectivity index is 1.84. The van der Waals surface area contributed by atoms with E-state index in [-0.39, 0.29) is 5.91 Å². The summed E-state index contributed by atoms with van der Waals surface area (Å²) in [7, 11) is 0. The van der Waals surface area contributed by atoms with Gasteiger partial charge in [-0.1, -0.05) is 12.1 Å². The number of nitrogens with zero attached hydrogens (tertiary/aromatic N) is 5. The maximum absolute atomic E-state index is 12.4. The molecule has 0 spiro atoms. The Labute approximate surface area is 130 Å². The van der Waals surface area contributed by atoms with Crippen LogP contribution in [0.3, 0.4) is 0 Å². The van der Waals surface area contributed by atoms with Crippen molar-refractivity contribution in [1.82, 2.24) is 24.7 Å². The van der Waals surface area contributed by atoms with Gasteiger partial charge in [-0.3, -0.25) is 4.79 Å². The Hall–Kier alpha value is -2.74. The average molecular weight is 312 g/mol. The summed E-state index contributed by atoms with van der Waals surface area (Å²) in [6, 6.07) is 9.04. The second-order valence-electron chi connectivity index (χ2n) is 4.26. The quantitative estimate of drug-likeness (QED) is 0.742. The zero-order chi connectivity index (χ0) is 15.4. The molecular weight excluding hydrogens is 300 g/mol. The lowest BCUT2D eigenvalue weighted by molar-refractivity contribution is 0.102. The number of carbonyl (C=O) groups is 1. The lowest BCUT2D eigenvalue weighted by Crippen LogP contribution is -2.14. The van der Waals surface area contributed by atoms with E-state index in [2.05, 4.69) is 25.4 Å². The predicted molar refractivity (Wildman–Crippen MR) is 83.1 cm³/mol. The molecule has 3 aromatic rings. The Kier molecular flexibility index (Phi) is 4.10. The molecule has 0 saturated heterocycles. The molecule has 0 aliphatic carbocycles. The van der Waals surface area contributed by atoms with Crippen molar-refractivity contribution in [2.75, 3.05) is 11.6 Å². The van der Waals surface area contributed by atoms with Crippen LogP contribution >= 0.6 is 11.8 Å². The lowest BCUT2D eigenvalue weighted by atomic mass is 10.2. The van der Waals surface area contributed by atoms with Crippen LogP contribution in [0, 0.1) is 0 Å². The number of aromatic nitrogens is 5. The molecule has 0 aliphatic rings. The van der Waals surface area contributed by atoms with Crippen molar-refractivity contribution < 1.29 is 4.79 Å². The summed E-state index contributed by atoms with van der Waals surface area (Å²) >= 11 is 1.52. The molecule has 0 bridgehead atoms. The molecule has 0 radical (unpaired) electrons. The predicted octanol–water partition coefficient (Wildman–Crippen LogP) is 2.03. The third-order valence-electron chi connectivity index (χ3n) is 2.90. The molecule has 2 aromatic heterocycles. The minimum Gasteiger partial charge on any atom is -0.306 e. The van der Waals surface area contributed by atoms with Gasteiger partial charge in [-0.2, -0.15) is 5.10 Å². The van der Waals surface area contributed by atoms with E-state index in [1.165, 1.54) is 35.4 Å². The van der Waals surface area contributed by atoms with Gasteiger partial charge in [0.15, 0.2) is 5.82 Å². The van der Waals surface area contributed by atoms with Gasteiger partial charge in [0.05, 0.1) is 5.56 Å². The third kappa shape index (κ3) is 2.96. The molecule has 1 amide bonds. The van der Waals surface area contributed by atoms with Gasteiger partial charge >= 0.3 is 0 Å². The largest absolute Gasteiger partial charge is 0.306 e. The summed E-state index contributed by atoms with van der Waals surface area (Å²) in [5.41, 5.74) is 0.607. The molecule has 110 valence electrons. The van der Waals surface area contributed by atoms with Crippen molar-refractivity contribution in [2.45, 2.75) is 4.90 Å². The number of carbonyl (C=O) groups excluding carboxylic acids is 1. The Morgan fingerprint density at radius 1 is 1.23 bits per heavy atom. The zero-order valence-corrected chi connectivity index (χ0v) is 12.5. The smallest absolute Gasteiger partial charge is 0.257 e. The van der Waals surface area contributed by atoms with Gasteiger partial charge in [-0.05, 0) is 18.4 Å². The number of anilines is 1. The molecule has 1 N–H and O–H groups in total. The Morgan fingerprint density at radius 2 is 2.09 bits per heavy atom. The molecule has 1 aromatic carbocycles. The second kappa shape index (κ2) is 6.35. The highest BCUT2D eigenvalue weighted by Gasteiger charge is 2.12. The number of thioether (sulfide) groups is 1. The molecule has 0 atom stereocenters. The fraction of sp³-hybridized carbons (Fsp3) is 0.0714. The van der Waals surface area contributed by atoms with E-state index >= 15 is 0 Å². The van der Waals surface area contributed by atoms with E-state index < -0.39 is 0 Å². The first kappa shape index (κ1) is 14.2. The van der Waals surface area contributed by atoms with Gasteiger partial charge in [0, 0.05) is 11.0 Å². The fourth-order valence-corrected chi connectivity index (χ4v) is 2.48. The molecular formula is C14H12N6OS. The number of hydrogen-bond donors (Lipinski definition) is 1. The normalized spacial score (nSPS) is 10.4. The molecule has 0 fully saturated rings. The first-order valence-electron chi connectivity index (χ1n) is 6.39. The van der Waals surface area contributed by atoms with Crippen LogP contribution in [0.5, 0.6) is 0 Å². The van der Waals surface area contributed by atoms with Gasteiger partial charge < -0.3 is 5.32 Å². The molecule has 0 saturated carbocycles. The molecule has 0 unspecified atom stereocenters. The van der Waals surface area contributed by atoms with Gasteiger partial charge in [-0.25, -0.2) is 19.6 Å². The summed E-state index contributed by atoms with van der Waals surface area (Å²) in [6.07, 6.45) is 6.23. The number of amides is 1. The standard InChI is InChI=1S/C14H12N6OS/c1-22-11-5-3-2-4-10(11)14(21)19-12-6-13(17-8-16-12)20-9-15-7-18-20/h2-9H,1H3,(H,16,17,19,21). The first-order chi connectivity index (χ1) is 10.8. The highest BCUT2D eigenvalue weighted by molar-refractivity contribution is 7.98. The number of nitrogens with one attached hydrogen (secondary N) is 1. The van der Waals surface area contributed by atoms with Crippen LogP contribution in [0.15, 0.2) is 54.2 Å². The van der Waals surface area contributed by atoms with E-state index in [0.29, 0.717) is 17.2 Å². The van der Waals surface area contributed by atoms with Gasteiger partial charge in [0.2, 0.25) is 0 Å². The summed E-state index contributed by atoms with van der Waals surface area (Å²) in [5, 5.41) is 6.76. The van der Waals surface area contributed by atoms with Crippen molar-refractivity contribution in [3.63, 3.8) is 0 Å². The molecule has 22 heavy (non-hydrogen) atoms. The van der Waals surface area contributed by atoms with Crippen LogP contribution in [0.1, 0.15) is 10.4 Å². The fourth-order valence-electron chi connectivity index (χ4n) is 1.88. The third-order valence-corrected chi connectivity index (χ3v) is 3.70. The van der Waals surface area contributed by atoms with E-state index in [9.17, 15) is 4.79 Å². The van der Waals surface area contributed by atoms with Crippen LogP contribution in [-0.2, 0) is 0 Å². The summed E-state index contributed by atoms with van der Waals surface area (Å²) in [6.45, 7) is 0. The summed E-state index contributed by atoms with van der Waals surface area (Å²) in [4.78, 5) is 25.3. The molecule has 3 rings (SSSR count). The van der Waals surface area contributed by atoms with E-state index in [0.717, 1.165) is 4.90 Å². The van der Waals surface area contributed by atoms with Crippen molar-refractivity contribution in [1.29, 1.82) is 0 Å². The Morgan fingerprint density at radius 3 is 2.86 bits per heavy atom. The van der Waals surface area contributed by atoms with Crippen LogP contribution in [0.2, 0.25) is 0 Å². The van der Waals surface area contributed by atoms with Crippen LogP contribution in [0.25, 0.3) is 5.82 Å². The zero-order valence-electron chi connectivity index (χ0n) is 11.7. The summed E-state index contributed by atoms with van der Waals surface area (Å²) in [5.74, 6) is 0.718. The van der Waals surface area contributed by atoms with Crippen molar-refractivity contribution in [3.8, 4) is 5.82 Å². The average Bonchev–Trinajstić information content (AvgIpc) is 3.09. The van der Waals surface area contributed by atoms with Crippen molar-refractivity contribution >= 4 is 23.5 Å².